The van der Waals surface area contributed by atoms with E-state index in [4.69, 9.17) is 28.4 Å². The first-order valence-corrected chi connectivity index (χ1v) is 15.0. The van der Waals surface area contributed by atoms with Gasteiger partial charge in [0, 0.05) is 46.2 Å². The van der Waals surface area contributed by atoms with Gasteiger partial charge >= 0.3 is 0 Å². The van der Waals surface area contributed by atoms with Crippen molar-refractivity contribution in [2.75, 3.05) is 46.2 Å². The summed E-state index contributed by atoms with van der Waals surface area (Å²) in [4.78, 5) is 0. The third-order valence-electron chi connectivity index (χ3n) is 6.60. The Morgan fingerprint density at radius 1 is 0.361 bits per heavy atom. The number of hydrogen-bond acceptors (Lipinski definition) is 7. The van der Waals surface area contributed by atoms with Crippen molar-refractivity contribution in [2.24, 2.45) is 0 Å². The Balaban J connectivity index is 3.37. The first-order chi connectivity index (χ1) is 17.7. The van der Waals surface area contributed by atoms with E-state index < -0.39 is 0 Å². The SMILES string of the molecule is CCCCOC1C(OCCCC)C(OCCCC)[C@H](OCCCC)C(OCCCO)C1OCCCC. The summed E-state index contributed by atoms with van der Waals surface area (Å²) < 4.78 is 39.1. The van der Waals surface area contributed by atoms with Gasteiger partial charge in [0.25, 0.3) is 0 Å². The zero-order valence-corrected chi connectivity index (χ0v) is 24.1. The van der Waals surface area contributed by atoms with Gasteiger partial charge in [-0.15, -0.1) is 0 Å². The molecule has 1 aliphatic rings. The van der Waals surface area contributed by atoms with E-state index in [9.17, 15) is 5.11 Å². The molecule has 0 radical (unpaired) electrons. The lowest BCUT2D eigenvalue weighted by atomic mass is 9.83. The van der Waals surface area contributed by atoms with Gasteiger partial charge in [-0.05, 0) is 38.5 Å². The summed E-state index contributed by atoms with van der Waals surface area (Å²) in [6.45, 7) is 14.6. The average Bonchev–Trinajstić information content (AvgIpc) is 2.88. The molecule has 0 heterocycles. The van der Waals surface area contributed by atoms with E-state index in [2.05, 4.69) is 34.6 Å². The maximum Gasteiger partial charge on any atom is 0.115 e. The first-order valence-electron chi connectivity index (χ1n) is 15.0. The first kappa shape index (κ1) is 33.7. The summed E-state index contributed by atoms with van der Waals surface area (Å²) in [7, 11) is 0. The third-order valence-corrected chi connectivity index (χ3v) is 6.60. The molecule has 1 N–H and O–H groups in total. The standard InChI is InChI=1S/C29H58O7/c1-6-11-18-31-24-25(32-19-12-7-2)27(34-21-14-9-4)29(36-23-16-17-30)28(35-22-15-10-5)26(24)33-20-13-8-3/h24-30H,6-23H2,1-5H3/t24?,25?,26?,27-,28?,29?/m0/s1. The van der Waals surface area contributed by atoms with E-state index in [1.165, 1.54) is 0 Å². The highest BCUT2D eigenvalue weighted by Crippen LogP contribution is 2.34. The highest BCUT2D eigenvalue weighted by molar-refractivity contribution is 5.04. The van der Waals surface area contributed by atoms with Gasteiger partial charge in [0.1, 0.15) is 36.6 Å². The predicted octanol–water partition coefficient (Wildman–Crippen LogP) is 5.69. The smallest absolute Gasteiger partial charge is 0.115 e. The minimum absolute atomic E-state index is 0.0883. The predicted molar refractivity (Wildman–Crippen MR) is 145 cm³/mol. The van der Waals surface area contributed by atoms with Crippen molar-refractivity contribution in [1.82, 2.24) is 0 Å². The van der Waals surface area contributed by atoms with Crippen molar-refractivity contribution in [1.29, 1.82) is 0 Å². The van der Waals surface area contributed by atoms with Crippen LogP contribution in [0.3, 0.4) is 0 Å². The maximum absolute atomic E-state index is 9.42. The minimum atomic E-state index is -0.352. The van der Waals surface area contributed by atoms with Crippen molar-refractivity contribution < 1.29 is 33.5 Å². The number of rotatable bonds is 24. The normalized spacial score (nSPS) is 26.5. The second-order valence-electron chi connectivity index (χ2n) is 9.86. The van der Waals surface area contributed by atoms with Crippen LogP contribution in [0.15, 0.2) is 0 Å². The molecule has 0 spiro atoms. The quantitative estimate of drug-likeness (QED) is 0.164. The van der Waals surface area contributed by atoms with Crippen LogP contribution in [0.2, 0.25) is 0 Å². The lowest BCUT2D eigenvalue weighted by Gasteiger charge is -2.50. The van der Waals surface area contributed by atoms with Crippen LogP contribution in [0, 0.1) is 0 Å². The molecule has 1 saturated carbocycles. The third kappa shape index (κ3) is 12.5. The van der Waals surface area contributed by atoms with Crippen LogP contribution in [-0.2, 0) is 28.4 Å². The molecule has 0 aromatic heterocycles. The molecule has 0 aromatic rings. The molecule has 7 nitrogen and oxygen atoms in total. The molecular formula is C29H58O7. The van der Waals surface area contributed by atoms with E-state index >= 15 is 0 Å². The van der Waals surface area contributed by atoms with Gasteiger partial charge in [0.15, 0.2) is 0 Å². The number of ether oxygens (including phenoxy) is 6. The van der Waals surface area contributed by atoms with Gasteiger partial charge < -0.3 is 33.5 Å². The molecule has 0 aliphatic heterocycles. The highest BCUT2D eigenvalue weighted by Gasteiger charge is 2.54. The van der Waals surface area contributed by atoms with Crippen LogP contribution in [0.1, 0.15) is 105 Å². The molecule has 7 heteroatoms. The molecule has 0 bridgehead atoms. The van der Waals surface area contributed by atoms with Gasteiger partial charge in [-0.25, -0.2) is 0 Å². The molecule has 36 heavy (non-hydrogen) atoms. The monoisotopic (exact) mass is 518 g/mol. The van der Waals surface area contributed by atoms with Crippen molar-refractivity contribution in [3.63, 3.8) is 0 Å². The largest absolute Gasteiger partial charge is 0.396 e. The van der Waals surface area contributed by atoms with Crippen molar-refractivity contribution >= 4 is 0 Å². The highest BCUT2D eigenvalue weighted by atomic mass is 16.6. The molecule has 1 rings (SSSR count). The molecule has 6 atom stereocenters. The summed E-state index contributed by atoms with van der Waals surface area (Å²) in [6, 6.07) is 0. The second-order valence-corrected chi connectivity index (χ2v) is 9.86. The van der Waals surface area contributed by atoms with Gasteiger partial charge in [-0.1, -0.05) is 66.7 Å². The topological polar surface area (TPSA) is 75.6 Å². The maximum atomic E-state index is 9.42. The minimum Gasteiger partial charge on any atom is -0.396 e. The molecule has 0 saturated heterocycles. The van der Waals surface area contributed by atoms with Crippen LogP contribution in [0.25, 0.3) is 0 Å². The summed E-state index contributed by atoms with van der Waals surface area (Å²) in [6.07, 6.45) is 8.86. The van der Waals surface area contributed by atoms with Crippen LogP contribution in [-0.4, -0.2) is 88.0 Å². The van der Waals surface area contributed by atoms with Gasteiger partial charge in [0.05, 0.1) is 0 Å². The van der Waals surface area contributed by atoms with E-state index in [0.717, 1.165) is 64.2 Å². The Morgan fingerprint density at radius 3 is 0.722 bits per heavy atom. The van der Waals surface area contributed by atoms with Crippen LogP contribution >= 0.6 is 0 Å². The molecule has 216 valence electrons. The Labute approximate surface area is 221 Å². The Hall–Kier alpha value is -0.280. The number of aliphatic hydroxyl groups is 1. The van der Waals surface area contributed by atoms with Gasteiger partial charge in [0.2, 0.25) is 0 Å². The molecule has 1 aliphatic carbocycles. The molecule has 1 fully saturated rings. The fourth-order valence-electron chi connectivity index (χ4n) is 4.36. The Morgan fingerprint density at radius 2 is 0.556 bits per heavy atom. The van der Waals surface area contributed by atoms with Crippen molar-refractivity contribution in [2.45, 2.75) is 142 Å². The zero-order valence-electron chi connectivity index (χ0n) is 24.1. The Bertz CT molecular complexity index is 358. The fourth-order valence-corrected chi connectivity index (χ4v) is 4.36. The lowest BCUT2D eigenvalue weighted by Crippen LogP contribution is -2.67. The van der Waals surface area contributed by atoms with Crippen molar-refractivity contribution in [3.8, 4) is 0 Å². The number of hydrogen-bond donors (Lipinski definition) is 1. The summed E-state index contributed by atoms with van der Waals surface area (Å²) in [5, 5.41) is 9.42. The molecule has 5 unspecified atom stereocenters. The Kier molecular flexibility index (Phi) is 21.3. The summed E-state index contributed by atoms with van der Waals surface area (Å²) in [5.41, 5.74) is 0. The number of unbranched alkanes of at least 4 members (excludes halogenated alkanes) is 5. The van der Waals surface area contributed by atoms with E-state index in [1.807, 2.05) is 0 Å². The molecule has 0 amide bonds. The number of aliphatic hydroxyl groups excluding tert-OH is 1. The van der Waals surface area contributed by atoms with Gasteiger partial charge in [-0.3, -0.25) is 0 Å². The van der Waals surface area contributed by atoms with E-state index in [1.54, 1.807) is 0 Å². The van der Waals surface area contributed by atoms with Crippen LogP contribution in [0.4, 0.5) is 0 Å². The van der Waals surface area contributed by atoms with Crippen LogP contribution in [0.5, 0.6) is 0 Å². The zero-order chi connectivity index (χ0) is 26.4. The van der Waals surface area contributed by atoms with E-state index in [0.29, 0.717) is 46.1 Å². The van der Waals surface area contributed by atoms with Gasteiger partial charge in [-0.2, -0.15) is 0 Å². The summed E-state index contributed by atoms with van der Waals surface area (Å²) >= 11 is 0. The molecule has 0 aromatic carbocycles. The van der Waals surface area contributed by atoms with Crippen molar-refractivity contribution in [3.05, 3.63) is 0 Å². The fraction of sp³-hybridized carbons (Fsp3) is 1.00. The molecular weight excluding hydrogens is 460 g/mol. The van der Waals surface area contributed by atoms with Crippen LogP contribution < -0.4 is 0 Å². The second kappa shape index (κ2) is 22.7. The van der Waals surface area contributed by atoms with E-state index in [-0.39, 0.29) is 43.2 Å². The summed E-state index contributed by atoms with van der Waals surface area (Å²) in [5.74, 6) is 0. The average molecular weight is 519 g/mol. The lowest BCUT2D eigenvalue weighted by molar-refractivity contribution is -0.282.